The first-order valence-electron chi connectivity index (χ1n) is 9.99. The van der Waals surface area contributed by atoms with E-state index in [1.54, 1.807) is 25.3 Å². The smallest absolute Gasteiger partial charge is 0.241 e. The summed E-state index contributed by atoms with van der Waals surface area (Å²) in [6, 6.07) is 12.3. The predicted molar refractivity (Wildman–Crippen MR) is 113 cm³/mol. The molecule has 1 atom stereocenters. The number of hydrogen-bond donors (Lipinski definition) is 2. The van der Waals surface area contributed by atoms with Crippen molar-refractivity contribution in [2.45, 2.75) is 68.2 Å². The summed E-state index contributed by atoms with van der Waals surface area (Å²) in [6.07, 6.45) is 6.85. The van der Waals surface area contributed by atoms with Crippen LogP contribution in [0, 0.1) is 6.92 Å². The lowest BCUT2D eigenvalue weighted by molar-refractivity contribution is -0.124. The standard InChI is InChI=1S/C22H29N3O3S/c1-17-9-11-18(12-10-17)29(27,28)25-21(2,20(23)26)16-22(13-5-3-6-14-22)19-8-4-7-15-24-19/h4,7-12,15,25H,3,5-6,13-14,16H2,1-2H3,(H2,23,26). The van der Waals surface area contributed by atoms with Gasteiger partial charge in [0.15, 0.2) is 0 Å². The summed E-state index contributed by atoms with van der Waals surface area (Å²) >= 11 is 0. The fourth-order valence-electron chi connectivity index (χ4n) is 4.35. The van der Waals surface area contributed by atoms with Crippen LogP contribution in [0.4, 0.5) is 0 Å². The Bertz CT molecular complexity index is 953. The molecule has 1 aromatic carbocycles. The molecule has 1 aliphatic carbocycles. The highest BCUT2D eigenvalue weighted by atomic mass is 32.2. The van der Waals surface area contributed by atoms with Crippen LogP contribution >= 0.6 is 0 Å². The monoisotopic (exact) mass is 415 g/mol. The van der Waals surface area contributed by atoms with Gasteiger partial charge in [-0.05, 0) is 57.4 Å². The number of primary amides is 1. The Morgan fingerprint density at radius 3 is 2.34 bits per heavy atom. The third-order valence-corrected chi connectivity index (χ3v) is 7.56. The predicted octanol–water partition coefficient (Wildman–Crippen LogP) is 3.20. The number of aromatic nitrogens is 1. The molecular weight excluding hydrogens is 386 g/mol. The Morgan fingerprint density at radius 2 is 1.79 bits per heavy atom. The zero-order valence-electron chi connectivity index (χ0n) is 17.0. The van der Waals surface area contributed by atoms with E-state index < -0.39 is 21.5 Å². The normalized spacial score (nSPS) is 18.7. The van der Waals surface area contributed by atoms with Crippen LogP contribution in [0.25, 0.3) is 0 Å². The van der Waals surface area contributed by atoms with Gasteiger partial charge < -0.3 is 5.73 Å². The zero-order chi connectivity index (χ0) is 21.1. The molecule has 1 saturated carbocycles. The van der Waals surface area contributed by atoms with Crippen LogP contribution in [0.1, 0.15) is 56.7 Å². The highest BCUT2D eigenvalue weighted by Gasteiger charge is 2.46. The molecule has 0 bridgehead atoms. The Morgan fingerprint density at radius 1 is 1.14 bits per heavy atom. The summed E-state index contributed by atoms with van der Waals surface area (Å²) in [4.78, 5) is 17.2. The van der Waals surface area contributed by atoms with E-state index in [-0.39, 0.29) is 16.7 Å². The first kappa shape index (κ1) is 21.5. The van der Waals surface area contributed by atoms with Crippen molar-refractivity contribution in [2.24, 2.45) is 5.73 Å². The molecule has 6 nitrogen and oxygen atoms in total. The molecule has 0 radical (unpaired) electrons. The number of nitrogens with zero attached hydrogens (tertiary/aromatic N) is 1. The third kappa shape index (κ3) is 4.67. The molecule has 1 unspecified atom stereocenters. The van der Waals surface area contributed by atoms with Crippen LogP contribution in [-0.4, -0.2) is 24.8 Å². The number of carbonyl (C=O) groups is 1. The molecule has 2 aromatic rings. The van der Waals surface area contributed by atoms with E-state index in [4.69, 9.17) is 5.73 Å². The molecule has 7 heteroatoms. The highest BCUT2D eigenvalue weighted by molar-refractivity contribution is 7.89. The molecular formula is C22H29N3O3S. The minimum absolute atomic E-state index is 0.117. The van der Waals surface area contributed by atoms with Crippen molar-refractivity contribution in [2.75, 3.05) is 0 Å². The molecule has 29 heavy (non-hydrogen) atoms. The van der Waals surface area contributed by atoms with Gasteiger partial charge in [0.05, 0.1) is 4.90 Å². The van der Waals surface area contributed by atoms with Gasteiger partial charge in [0.1, 0.15) is 5.54 Å². The largest absolute Gasteiger partial charge is 0.368 e. The van der Waals surface area contributed by atoms with Crippen molar-refractivity contribution >= 4 is 15.9 Å². The first-order chi connectivity index (χ1) is 13.7. The molecule has 0 spiro atoms. The molecule has 1 aliphatic rings. The Labute approximate surface area is 173 Å². The molecule has 0 saturated heterocycles. The third-order valence-electron chi connectivity index (χ3n) is 5.95. The quantitative estimate of drug-likeness (QED) is 0.725. The summed E-state index contributed by atoms with van der Waals surface area (Å²) in [5.41, 5.74) is 5.77. The number of benzene rings is 1. The van der Waals surface area contributed by atoms with Gasteiger partial charge in [-0.3, -0.25) is 9.78 Å². The second kappa shape index (κ2) is 8.24. The van der Waals surface area contributed by atoms with Crippen molar-refractivity contribution in [3.63, 3.8) is 0 Å². The lowest BCUT2D eigenvalue weighted by Crippen LogP contribution is -2.58. The summed E-state index contributed by atoms with van der Waals surface area (Å²) in [5, 5.41) is 0. The van der Waals surface area contributed by atoms with Gasteiger partial charge in [0.25, 0.3) is 0 Å². The van der Waals surface area contributed by atoms with E-state index in [1.807, 2.05) is 25.1 Å². The summed E-state index contributed by atoms with van der Waals surface area (Å²) in [7, 11) is -3.91. The Hall–Kier alpha value is -2.25. The average molecular weight is 416 g/mol. The number of nitrogens with two attached hydrogens (primary N) is 1. The van der Waals surface area contributed by atoms with Crippen LogP contribution < -0.4 is 10.5 Å². The number of aryl methyl sites for hydroxylation is 1. The van der Waals surface area contributed by atoms with E-state index in [0.29, 0.717) is 0 Å². The maximum Gasteiger partial charge on any atom is 0.241 e. The van der Waals surface area contributed by atoms with Gasteiger partial charge in [-0.15, -0.1) is 0 Å². The number of rotatable bonds is 7. The fourth-order valence-corrected chi connectivity index (χ4v) is 5.73. The van der Waals surface area contributed by atoms with Gasteiger partial charge >= 0.3 is 0 Å². The van der Waals surface area contributed by atoms with Crippen LogP contribution in [0.2, 0.25) is 0 Å². The maximum absolute atomic E-state index is 13.0. The van der Waals surface area contributed by atoms with E-state index in [1.165, 1.54) is 12.1 Å². The van der Waals surface area contributed by atoms with Gasteiger partial charge in [-0.1, -0.05) is 43.0 Å². The first-order valence-corrected chi connectivity index (χ1v) is 11.5. The summed E-state index contributed by atoms with van der Waals surface area (Å²) in [6.45, 7) is 3.47. The van der Waals surface area contributed by atoms with Gasteiger partial charge in [-0.2, -0.15) is 4.72 Å². The van der Waals surface area contributed by atoms with Crippen LogP contribution in [0.3, 0.4) is 0 Å². The van der Waals surface area contributed by atoms with E-state index >= 15 is 0 Å². The van der Waals surface area contributed by atoms with Crippen molar-refractivity contribution in [1.82, 2.24) is 9.71 Å². The van der Waals surface area contributed by atoms with Gasteiger partial charge in [0, 0.05) is 17.3 Å². The minimum atomic E-state index is -3.91. The SMILES string of the molecule is Cc1ccc(S(=O)(=O)NC(C)(CC2(c3ccccn3)CCCCC2)C(N)=O)cc1. The number of carbonyl (C=O) groups excluding carboxylic acids is 1. The van der Waals surface area contributed by atoms with E-state index in [0.717, 1.165) is 43.4 Å². The lowest BCUT2D eigenvalue weighted by Gasteiger charge is -2.42. The van der Waals surface area contributed by atoms with Crippen molar-refractivity contribution < 1.29 is 13.2 Å². The topological polar surface area (TPSA) is 102 Å². The highest BCUT2D eigenvalue weighted by Crippen LogP contribution is 2.44. The number of pyridine rings is 1. The fraction of sp³-hybridized carbons (Fsp3) is 0.455. The molecule has 3 N–H and O–H groups in total. The van der Waals surface area contributed by atoms with Crippen molar-refractivity contribution in [3.8, 4) is 0 Å². The number of nitrogens with one attached hydrogen (secondary N) is 1. The van der Waals surface area contributed by atoms with E-state index in [9.17, 15) is 13.2 Å². The van der Waals surface area contributed by atoms with Gasteiger partial charge in [-0.25, -0.2) is 8.42 Å². The average Bonchev–Trinajstić information content (AvgIpc) is 2.69. The molecule has 3 rings (SSSR count). The van der Waals surface area contributed by atoms with Crippen LogP contribution in [-0.2, 0) is 20.2 Å². The number of amides is 1. The molecule has 1 amide bonds. The molecule has 1 aromatic heterocycles. The van der Waals surface area contributed by atoms with Crippen molar-refractivity contribution in [3.05, 3.63) is 59.9 Å². The maximum atomic E-state index is 13.0. The molecule has 0 aliphatic heterocycles. The van der Waals surface area contributed by atoms with Gasteiger partial charge in [0.2, 0.25) is 15.9 Å². The Kier molecular flexibility index (Phi) is 6.10. The molecule has 1 heterocycles. The second-order valence-electron chi connectivity index (χ2n) is 8.35. The summed E-state index contributed by atoms with van der Waals surface area (Å²) < 4.78 is 28.6. The number of sulfonamides is 1. The Balaban J connectivity index is 1.97. The van der Waals surface area contributed by atoms with E-state index in [2.05, 4.69) is 9.71 Å². The number of hydrogen-bond acceptors (Lipinski definition) is 4. The van der Waals surface area contributed by atoms with Crippen LogP contribution in [0.15, 0.2) is 53.6 Å². The zero-order valence-corrected chi connectivity index (χ0v) is 17.8. The molecule has 156 valence electrons. The lowest BCUT2D eigenvalue weighted by atomic mass is 9.65. The van der Waals surface area contributed by atoms with Crippen molar-refractivity contribution in [1.29, 1.82) is 0 Å². The minimum Gasteiger partial charge on any atom is -0.368 e. The second-order valence-corrected chi connectivity index (χ2v) is 10.0. The van der Waals surface area contributed by atoms with Crippen LogP contribution in [0.5, 0.6) is 0 Å². The molecule has 1 fully saturated rings. The summed E-state index contributed by atoms with van der Waals surface area (Å²) in [5.74, 6) is -0.686.